The smallest absolute Gasteiger partial charge is 0.339 e. The Labute approximate surface area is 162 Å². The van der Waals surface area contributed by atoms with E-state index in [2.05, 4.69) is 5.32 Å². The summed E-state index contributed by atoms with van der Waals surface area (Å²) in [4.78, 5) is 35.6. The molecule has 0 bridgehead atoms. The van der Waals surface area contributed by atoms with Crippen molar-refractivity contribution in [3.63, 3.8) is 0 Å². The summed E-state index contributed by atoms with van der Waals surface area (Å²) in [5, 5.41) is 12.6. The second-order valence-electron chi connectivity index (χ2n) is 7.64. The van der Waals surface area contributed by atoms with Crippen molar-refractivity contribution >= 4 is 22.8 Å². The number of aryl methyl sites for hydroxylation is 2. The molecule has 1 aromatic heterocycles. The molecule has 0 saturated heterocycles. The van der Waals surface area contributed by atoms with Gasteiger partial charge in [-0.1, -0.05) is 13.8 Å². The molecule has 1 atom stereocenters. The fourth-order valence-corrected chi connectivity index (χ4v) is 3.69. The van der Waals surface area contributed by atoms with Crippen molar-refractivity contribution in [2.75, 3.05) is 6.61 Å². The molecule has 3 rings (SSSR count). The summed E-state index contributed by atoms with van der Waals surface area (Å²) in [5.74, 6) is -1.02. The zero-order valence-electron chi connectivity index (χ0n) is 16.3. The Bertz CT molecular complexity index is 975. The molecule has 0 saturated carbocycles. The summed E-state index contributed by atoms with van der Waals surface area (Å²) < 4.78 is 11.1. The van der Waals surface area contributed by atoms with Gasteiger partial charge in [-0.2, -0.15) is 0 Å². The second kappa shape index (κ2) is 8.04. The van der Waals surface area contributed by atoms with Gasteiger partial charge in [-0.3, -0.25) is 4.79 Å². The highest BCUT2D eigenvalue weighted by Gasteiger charge is 2.23. The lowest BCUT2D eigenvalue weighted by Gasteiger charge is -2.17. The summed E-state index contributed by atoms with van der Waals surface area (Å²) in [5.41, 5.74) is 2.61. The first-order chi connectivity index (χ1) is 13.3. The highest BCUT2D eigenvalue weighted by molar-refractivity contribution is 5.87. The molecule has 0 aliphatic heterocycles. The van der Waals surface area contributed by atoms with Gasteiger partial charge in [-0.15, -0.1) is 0 Å². The van der Waals surface area contributed by atoms with E-state index in [-0.39, 0.29) is 18.2 Å². The van der Waals surface area contributed by atoms with Crippen LogP contribution in [0.25, 0.3) is 11.0 Å². The number of fused-ring (bicyclic) bond motifs is 3. The van der Waals surface area contributed by atoms with Crippen LogP contribution in [-0.4, -0.2) is 29.6 Å². The molecular weight excluding hydrogens is 362 g/mol. The summed E-state index contributed by atoms with van der Waals surface area (Å²) in [6.07, 6.45) is 2.88. The minimum atomic E-state index is -1.07. The Morgan fingerprint density at radius 1 is 1.25 bits per heavy atom. The Kier molecular flexibility index (Phi) is 5.72. The fraction of sp³-hybridized carbons (Fsp3) is 0.476. The quantitative estimate of drug-likeness (QED) is 0.708. The first-order valence-electron chi connectivity index (χ1n) is 9.51. The monoisotopic (exact) mass is 387 g/mol. The van der Waals surface area contributed by atoms with Crippen molar-refractivity contribution in [2.24, 2.45) is 5.92 Å². The van der Waals surface area contributed by atoms with E-state index in [1.54, 1.807) is 13.0 Å². The molecule has 0 unspecified atom stereocenters. The molecule has 7 nitrogen and oxygen atoms in total. The van der Waals surface area contributed by atoms with Crippen LogP contribution in [0, 0.1) is 12.8 Å². The number of hydrogen-bond acceptors (Lipinski definition) is 5. The molecule has 2 N–H and O–H groups in total. The van der Waals surface area contributed by atoms with Crippen LogP contribution in [0.15, 0.2) is 21.3 Å². The predicted octanol–water partition coefficient (Wildman–Crippen LogP) is 2.58. The third-order valence-electron chi connectivity index (χ3n) is 5.04. The van der Waals surface area contributed by atoms with Crippen LogP contribution in [-0.2, 0) is 22.4 Å². The number of carbonyl (C=O) groups is 2. The van der Waals surface area contributed by atoms with Gasteiger partial charge in [0.05, 0.1) is 0 Å². The molecule has 2 aromatic rings. The van der Waals surface area contributed by atoms with Crippen molar-refractivity contribution in [3.05, 3.63) is 39.2 Å². The van der Waals surface area contributed by atoms with Gasteiger partial charge in [0.2, 0.25) is 0 Å². The summed E-state index contributed by atoms with van der Waals surface area (Å²) in [6, 6.07) is 2.66. The van der Waals surface area contributed by atoms with Gasteiger partial charge < -0.3 is 19.6 Å². The number of nitrogens with one attached hydrogen (secondary N) is 1. The number of benzene rings is 1. The number of carboxylic acid groups (broad SMARTS) is 1. The number of carboxylic acids is 1. The third-order valence-corrected chi connectivity index (χ3v) is 5.04. The fourth-order valence-electron chi connectivity index (χ4n) is 3.69. The number of ether oxygens (including phenoxy) is 1. The van der Waals surface area contributed by atoms with Crippen LogP contribution in [0.4, 0.5) is 0 Å². The van der Waals surface area contributed by atoms with Crippen molar-refractivity contribution in [3.8, 4) is 5.75 Å². The van der Waals surface area contributed by atoms with Crippen LogP contribution in [0.2, 0.25) is 0 Å². The largest absolute Gasteiger partial charge is 0.483 e. The van der Waals surface area contributed by atoms with Gasteiger partial charge in [0.15, 0.2) is 6.61 Å². The molecule has 0 fully saturated rings. The van der Waals surface area contributed by atoms with E-state index < -0.39 is 17.9 Å². The van der Waals surface area contributed by atoms with E-state index in [9.17, 15) is 19.5 Å². The van der Waals surface area contributed by atoms with Crippen molar-refractivity contribution in [1.82, 2.24) is 5.32 Å². The molecule has 7 heteroatoms. The maximum absolute atomic E-state index is 12.2. The Hall–Kier alpha value is -2.83. The highest BCUT2D eigenvalue weighted by Crippen LogP contribution is 2.32. The average molecular weight is 387 g/mol. The third kappa shape index (κ3) is 4.03. The number of carbonyl (C=O) groups excluding carboxylic acids is 1. The van der Waals surface area contributed by atoms with E-state index in [0.717, 1.165) is 35.8 Å². The van der Waals surface area contributed by atoms with E-state index in [1.165, 1.54) is 0 Å². The SMILES string of the molecule is Cc1c(OCC(=O)N[C@@H](CC(C)C)C(=O)O)ccc2c3c(c(=O)oc12)CCC3. The van der Waals surface area contributed by atoms with Gasteiger partial charge in [0.25, 0.3) is 5.91 Å². The van der Waals surface area contributed by atoms with Crippen LogP contribution in [0.5, 0.6) is 5.75 Å². The van der Waals surface area contributed by atoms with Crippen LogP contribution >= 0.6 is 0 Å². The lowest BCUT2D eigenvalue weighted by Crippen LogP contribution is -2.43. The topological polar surface area (TPSA) is 106 Å². The zero-order chi connectivity index (χ0) is 20.4. The molecule has 28 heavy (non-hydrogen) atoms. The molecule has 1 aromatic carbocycles. The maximum atomic E-state index is 12.2. The molecular formula is C21H25NO6. The summed E-state index contributed by atoms with van der Waals surface area (Å²) in [6.45, 7) is 5.24. The zero-order valence-corrected chi connectivity index (χ0v) is 16.3. The minimum absolute atomic E-state index is 0.134. The lowest BCUT2D eigenvalue weighted by atomic mass is 10.0. The van der Waals surface area contributed by atoms with E-state index in [4.69, 9.17) is 9.15 Å². The van der Waals surface area contributed by atoms with Crippen LogP contribution in [0.3, 0.4) is 0 Å². The van der Waals surface area contributed by atoms with E-state index >= 15 is 0 Å². The van der Waals surface area contributed by atoms with Gasteiger partial charge in [-0.05, 0) is 56.2 Å². The van der Waals surface area contributed by atoms with Crippen LogP contribution in [0.1, 0.15) is 43.4 Å². The van der Waals surface area contributed by atoms with Crippen molar-refractivity contribution < 1.29 is 23.8 Å². The molecule has 0 spiro atoms. The number of aliphatic carboxylic acids is 1. The highest BCUT2D eigenvalue weighted by atomic mass is 16.5. The molecule has 1 amide bonds. The molecule has 150 valence electrons. The number of amides is 1. The van der Waals surface area contributed by atoms with Crippen LogP contribution < -0.4 is 15.7 Å². The minimum Gasteiger partial charge on any atom is -0.483 e. The second-order valence-corrected chi connectivity index (χ2v) is 7.64. The average Bonchev–Trinajstić information content (AvgIpc) is 3.11. The normalized spacial score (nSPS) is 14.1. The molecule has 1 aliphatic carbocycles. The summed E-state index contributed by atoms with van der Waals surface area (Å²) in [7, 11) is 0. The van der Waals surface area contributed by atoms with Gasteiger partial charge in [0.1, 0.15) is 17.4 Å². The first kappa shape index (κ1) is 19.9. The molecule has 1 aliphatic rings. The standard InChI is InChI=1S/C21H25NO6/c1-11(2)9-16(20(24)25)22-18(23)10-27-17-8-7-14-13-5-4-6-15(13)21(26)28-19(14)12(17)3/h7-8,11,16H,4-6,9-10H2,1-3H3,(H,22,23)(H,24,25)/t16-/m0/s1. The van der Waals surface area contributed by atoms with Gasteiger partial charge in [-0.25, -0.2) is 9.59 Å². The lowest BCUT2D eigenvalue weighted by molar-refractivity contribution is -0.142. The van der Waals surface area contributed by atoms with Crippen molar-refractivity contribution in [1.29, 1.82) is 0 Å². The molecule has 1 heterocycles. The number of hydrogen-bond donors (Lipinski definition) is 2. The molecule has 0 radical (unpaired) electrons. The van der Waals surface area contributed by atoms with E-state index in [1.807, 2.05) is 19.9 Å². The summed E-state index contributed by atoms with van der Waals surface area (Å²) >= 11 is 0. The first-order valence-corrected chi connectivity index (χ1v) is 9.51. The maximum Gasteiger partial charge on any atom is 0.339 e. The predicted molar refractivity (Wildman–Crippen MR) is 104 cm³/mol. The van der Waals surface area contributed by atoms with Crippen molar-refractivity contribution in [2.45, 2.75) is 52.5 Å². The Balaban J connectivity index is 1.75. The van der Waals surface area contributed by atoms with E-state index in [0.29, 0.717) is 23.3 Å². The Morgan fingerprint density at radius 3 is 2.64 bits per heavy atom. The van der Waals surface area contributed by atoms with Gasteiger partial charge in [0, 0.05) is 16.5 Å². The number of rotatable bonds is 7. The Morgan fingerprint density at radius 2 is 1.96 bits per heavy atom. The van der Waals surface area contributed by atoms with Gasteiger partial charge >= 0.3 is 11.6 Å².